The number of aromatic amines is 2. The van der Waals surface area contributed by atoms with Crippen LogP contribution < -0.4 is 5.69 Å². The quantitative estimate of drug-likeness (QED) is 0.753. The predicted octanol–water partition coefficient (Wildman–Crippen LogP) is 0.236. The summed E-state index contributed by atoms with van der Waals surface area (Å²) in [4.78, 5) is 11.1. The Hall–Kier alpha value is -1.85. The fourth-order valence-electron chi connectivity index (χ4n) is 1.50. The Morgan fingerprint density at radius 1 is 1.40 bits per heavy atom. The van der Waals surface area contributed by atoms with Gasteiger partial charge in [-0.1, -0.05) is 0 Å². The Balaban J connectivity index is 1.88. The van der Waals surface area contributed by atoms with E-state index in [2.05, 4.69) is 20.4 Å². The highest BCUT2D eigenvalue weighted by Crippen LogP contribution is 2.05. The van der Waals surface area contributed by atoms with Crippen molar-refractivity contribution in [1.82, 2.24) is 25.0 Å². The summed E-state index contributed by atoms with van der Waals surface area (Å²) >= 11 is 0. The molecule has 2 rings (SSSR count). The molecule has 0 aliphatic carbocycles. The third kappa shape index (κ3) is 2.15. The minimum absolute atomic E-state index is 0.154. The minimum Gasteiger partial charge on any atom is -0.283 e. The summed E-state index contributed by atoms with van der Waals surface area (Å²) in [6.45, 7) is 2.67. The molecule has 0 unspecified atom stereocenters. The molecule has 0 atom stereocenters. The van der Waals surface area contributed by atoms with E-state index in [-0.39, 0.29) is 5.69 Å². The molecule has 0 aliphatic heterocycles. The maximum absolute atomic E-state index is 11.1. The lowest BCUT2D eigenvalue weighted by Gasteiger charge is -1.99. The Morgan fingerprint density at radius 3 is 2.87 bits per heavy atom. The van der Waals surface area contributed by atoms with Crippen LogP contribution in [-0.4, -0.2) is 25.0 Å². The molecule has 6 nitrogen and oxygen atoms in total. The molecule has 80 valence electrons. The molecule has 2 heterocycles. The number of nitrogens with zero attached hydrogens (tertiary/aromatic N) is 3. The van der Waals surface area contributed by atoms with Crippen molar-refractivity contribution in [1.29, 1.82) is 0 Å². The molecule has 2 aromatic heterocycles. The molecule has 0 bridgehead atoms. The zero-order chi connectivity index (χ0) is 10.7. The lowest BCUT2D eigenvalue weighted by atomic mass is 10.1. The van der Waals surface area contributed by atoms with Gasteiger partial charge in [0, 0.05) is 12.2 Å². The molecule has 0 saturated heterocycles. The summed E-state index contributed by atoms with van der Waals surface area (Å²) in [5, 5.41) is 12.9. The number of nitrogens with one attached hydrogen (secondary N) is 2. The number of hydrogen-bond acceptors (Lipinski definition) is 3. The van der Waals surface area contributed by atoms with E-state index in [9.17, 15) is 4.79 Å². The van der Waals surface area contributed by atoms with Gasteiger partial charge in [0.25, 0.3) is 0 Å². The van der Waals surface area contributed by atoms with Gasteiger partial charge in [-0.15, -0.1) is 0 Å². The average molecular weight is 207 g/mol. The molecule has 6 heteroatoms. The SMILES string of the molecule is Cc1[nH]ncc1CCCn1cn[nH]c1=O. The topological polar surface area (TPSA) is 79.4 Å². The van der Waals surface area contributed by atoms with Gasteiger partial charge in [0.2, 0.25) is 0 Å². The molecule has 15 heavy (non-hydrogen) atoms. The molecule has 0 amide bonds. The molecule has 2 aromatic rings. The van der Waals surface area contributed by atoms with E-state index in [0.29, 0.717) is 6.54 Å². The van der Waals surface area contributed by atoms with Gasteiger partial charge in [-0.05, 0) is 25.3 Å². The normalized spacial score (nSPS) is 10.7. The van der Waals surface area contributed by atoms with Crippen molar-refractivity contribution in [2.24, 2.45) is 0 Å². The number of hydrogen-bond donors (Lipinski definition) is 2. The van der Waals surface area contributed by atoms with E-state index in [4.69, 9.17) is 0 Å². The molecule has 0 radical (unpaired) electrons. The second-order valence-electron chi connectivity index (χ2n) is 3.48. The fourth-order valence-corrected chi connectivity index (χ4v) is 1.50. The molecular weight excluding hydrogens is 194 g/mol. The molecule has 0 aliphatic rings. The number of aromatic nitrogens is 5. The van der Waals surface area contributed by atoms with Gasteiger partial charge >= 0.3 is 5.69 Å². The van der Waals surface area contributed by atoms with E-state index >= 15 is 0 Å². The predicted molar refractivity (Wildman–Crippen MR) is 54.5 cm³/mol. The molecule has 2 N–H and O–H groups in total. The first-order valence-corrected chi connectivity index (χ1v) is 4.86. The van der Waals surface area contributed by atoms with E-state index in [1.807, 2.05) is 13.1 Å². The first-order chi connectivity index (χ1) is 7.27. The highest BCUT2D eigenvalue weighted by molar-refractivity contribution is 5.14. The van der Waals surface area contributed by atoms with Crippen molar-refractivity contribution in [2.45, 2.75) is 26.3 Å². The first kappa shape index (κ1) is 9.70. The highest BCUT2D eigenvalue weighted by Gasteiger charge is 2.01. The zero-order valence-electron chi connectivity index (χ0n) is 8.53. The van der Waals surface area contributed by atoms with E-state index in [1.54, 1.807) is 4.57 Å². The smallest absolute Gasteiger partial charge is 0.283 e. The number of aryl methyl sites for hydroxylation is 3. The van der Waals surface area contributed by atoms with Gasteiger partial charge in [0.1, 0.15) is 6.33 Å². The van der Waals surface area contributed by atoms with Crippen molar-refractivity contribution < 1.29 is 0 Å². The van der Waals surface area contributed by atoms with Crippen LogP contribution >= 0.6 is 0 Å². The molecule has 0 saturated carbocycles. The molecule has 0 aromatic carbocycles. The van der Waals surface area contributed by atoms with Crippen LogP contribution in [0.25, 0.3) is 0 Å². The summed E-state index contributed by atoms with van der Waals surface area (Å²) in [6, 6.07) is 0. The van der Waals surface area contributed by atoms with Gasteiger partial charge in [0.15, 0.2) is 0 Å². The third-order valence-electron chi connectivity index (χ3n) is 2.40. The van der Waals surface area contributed by atoms with Gasteiger partial charge in [0.05, 0.1) is 6.20 Å². The van der Waals surface area contributed by atoms with Crippen molar-refractivity contribution in [3.8, 4) is 0 Å². The fraction of sp³-hybridized carbons (Fsp3) is 0.444. The Morgan fingerprint density at radius 2 is 2.27 bits per heavy atom. The standard InChI is InChI=1S/C9H13N5O/c1-7-8(5-10-12-7)3-2-4-14-6-11-13-9(14)15/h5-6H,2-4H2,1H3,(H,10,12)(H,13,15). The van der Waals surface area contributed by atoms with Crippen LogP contribution in [-0.2, 0) is 13.0 Å². The van der Waals surface area contributed by atoms with Crippen LogP contribution in [0.1, 0.15) is 17.7 Å². The van der Waals surface area contributed by atoms with Crippen LogP contribution in [0, 0.1) is 6.92 Å². The van der Waals surface area contributed by atoms with Crippen molar-refractivity contribution in [3.05, 3.63) is 34.3 Å². The number of H-pyrrole nitrogens is 2. The maximum Gasteiger partial charge on any atom is 0.343 e. The number of rotatable bonds is 4. The van der Waals surface area contributed by atoms with Crippen LogP contribution in [0.2, 0.25) is 0 Å². The molecule has 0 spiro atoms. The van der Waals surface area contributed by atoms with Crippen LogP contribution in [0.15, 0.2) is 17.3 Å². The maximum atomic E-state index is 11.1. The second-order valence-corrected chi connectivity index (χ2v) is 3.48. The zero-order valence-corrected chi connectivity index (χ0v) is 8.53. The van der Waals surface area contributed by atoms with Crippen LogP contribution in [0.5, 0.6) is 0 Å². The molecular formula is C9H13N5O. The lowest BCUT2D eigenvalue weighted by Crippen LogP contribution is -2.16. The highest BCUT2D eigenvalue weighted by atomic mass is 16.1. The summed E-state index contributed by atoms with van der Waals surface area (Å²) in [6.07, 6.45) is 5.16. The summed E-state index contributed by atoms with van der Waals surface area (Å²) in [5.74, 6) is 0. The van der Waals surface area contributed by atoms with E-state index < -0.39 is 0 Å². The largest absolute Gasteiger partial charge is 0.343 e. The third-order valence-corrected chi connectivity index (χ3v) is 2.40. The summed E-state index contributed by atoms with van der Waals surface area (Å²) < 4.78 is 1.56. The van der Waals surface area contributed by atoms with Gasteiger partial charge in [-0.2, -0.15) is 10.2 Å². The molecule has 0 fully saturated rings. The Kier molecular flexibility index (Phi) is 2.66. The Bertz CT molecular complexity index is 480. The van der Waals surface area contributed by atoms with Crippen molar-refractivity contribution in [3.63, 3.8) is 0 Å². The van der Waals surface area contributed by atoms with Gasteiger partial charge in [-0.25, -0.2) is 9.89 Å². The average Bonchev–Trinajstić information content (AvgIpc) is 2.78. The van der Waals surface area contributed by atoms with E-state index in [1.165, 1.54) is 11.9 Å². The van der Waals surface area contributed by atoms with Crippen molar-refractivity contribution in [2.75, 3.05) is 0 Å². The Labute approximate surface area is 86.3 Å². The monoisotopic (exact) mass is 207 g/mol. The van der Waals surface area contributed by atoms with Crippen molar-refractivity contribution >= 4 is 0 Å². The van der Waals surface area contributed by atoms with E-state index in [0.717, 1.165) is 18.5 Å². The van der Waals surface area contributed by atoms with Crippen LogP contribution in [0.4, 0.5) is 0 Å². The van der Waals surface area contributed by atoms with Crippen LogP contribution in [0.3, 0.4) is 0 Å². The first-order valence-electron chi connectivity index (χ1n) is 4.86. The van der Waals surface area contributed by atoms with Gasteiger partial charge < -0.3 is 0 Å². The minimum atomic E-state index is -0.154. The van der Waals surface area contributed by atoms with Gasteiger partial charge in [-0.3, -0.25) is 9.67 Å². The second kappa shape index (κ2) is 4.12. The lowest BCUT2D eigenvalue weighted by molar-refractivity contribution is 0.622. The summed E-state index contributed by atoms with van der Waals surface area (Å²) in [5.41, 5.74) is 2.14. The summed E-state index contributed by atoms with van der Waals surface area (Å²) in [7, 11) is 0.